The highest BCUT2D eigenvalue weighted by Crippen LogP contribution is 2.27. The third kappa shape index (κ3) is 4.55. The molecule has 1 N–H and O–H groups in total. The zero-order valence-electron chi connectivity index (χ0n) is 17.1. The SMILES string of the molecule is CNC1CCN(C(=O)c2cn(-c3ccc(F)cc3)nc2-c2cccc(C)c2)CC1.Cl. The van der Waals surface area contributed by atoms with Crippen molar-refractivity contribution in [1.82, 2.24) is 20.0 Å². The van der Waals surface area contributed by atoms with Crippen molar-refractivity contribution in [2.75, 3.05) is 20.1 Å². The number of nitrogens with one attached hydrogen (secondary N) is 1. The number of carbonyl (C=O) groups excluding carboxylic acids is 1. The van der Waals surface area contributed by atoms with Crippen LogP contribution >= 0.6 is 12.4 Å². The third-order valence-corrected chi connectivity index (χ3v) is 5.52. The molecule has 30 heavy (non-hydrogen) atoms. The van der Waals surface area contributed by atoms with E-state index in [1.807, 2.05) is 43.1 Å². The number of aryl methyl sites for hydroxylation is 1. The van der Waals surface area contributed by atoms with Gasteiger partial charge in [-0.05, 0) is 57.1 Å². The Balaban J connectivity index is 0.00000256. The van der Waals surface area contributed by atoms with Crippen LogP contribution in [-0.4, -0.2) is 46.8 Å². The first kappa shape index (κ1) is 22.0. The van der Waals surface area contributed by atoms with Crippen LogP contribution in [0, 0.1) is 12.7 Å². The Labute approximate surface area is 182 Å². The molecule has 0 spiro atoms. The minimum Gasteiger partial charge on any atom is -0.338 e. The molecular weight excluding hydrogens is 403 g/mol. The second-order valence-corrected chi connectivity index (χ2v) is 7.54. The maximum atomic E-state index is 13.4. The van der Waals surface area contributed by atoms with Crippen LogP contribution in [0.1, 0.15) is 28.8 Å². The second kappa shape index (κ2) is 9.41. The quantitative estimate of drug-likeness (QED) is 0.676. The molecule has 1 amide bonds. The smallest absolute Gasteiger partial charge is 0.257 e. The number of hydrogen-bond donors (Lipinski definition) is 1. The van der Waals surface area contributed by atoms with Gasteiger partial charge in [-0.1, -0.05) is 23.8 Å². The second-order valence-electron chi connectivity index (χ2n) is 7.54. The van der Waals surface area contributed by atoms with Crippen LogP contribution in [0.25, 0.3) is 16.9 Å². The molecule has 0 unspecified atom stereocenters. The summed E-state index contributed by atoms with van der Waals surface area (Å²) in [6.07, 6.45) is 3.64. The number of benzene rings is 2. The number of hydrogen-bond acceptors (Lipinski definition) is 3. The van der Waals surface area contributed by atoms with Gasteiger partial charge in [0.1, 0.15) is 11.5 Å². The molecule has 1 fully saturated rings. The van der Waals surface area contributed by atoms with E-state index in [4.69, 9.17) is 5.10 Å². The van der Waals surface area contributed by atoms with Gasteiger partial charge < -0.3 is 10.2 Å². The summed E-state index contributed by atoms with van der Waals surface area (Å²) in [4.78, 5) is 15.3. The minimum absolute atomic E-state index is 0. The van der Waals surface area contributed by atoms with Gasteiger partial charge in [-0.3, -0.25) is 4.79 Å². The van der Waals surface area contributed by atoms with E-state index in [9.17, 15) is 9.18 Å². The zero-order valence-corrected chi connectivity index (χ0v) is 18.0. The largest absolute Gasteiger partial charge is 0.338 e. The molecule has 5 nitrogen and oxygen atoms in total. The molecule has 0 radical (unpaired) electrons. The Hall–Kier alpha value is -2.70. The van der Waals surface area contributed by atoms with Crippen LogP contribution < -0.4 is 5.32 Å². The van der Waals surface area contributed by atoms with Gasteiger partial charge in [-0.15, -0.1) is 12.4 Å². The molecular formula is C23H26ClFN4O. The molecule has 1 aliphatic rings. The Morgan fingerprint density at radius 3 is 2.47 bits per heavy atom. The molecule has 2 heterocycles. The lowest BCUT2D eigenvalue weighted by Gasteiger charge is -2.31. The summed E-state index contributed by atoms with van der Waals surface area (Å²) in [6.45, 7) is 3.46. The third-order valence-electron chi connectivity index (χ3n) is 5.52. The maximum absolute atomic E-state index is 13.4. The van der Waals surface area contributed by atoms with Crippen molar-refractivity contribution in [3.8, 4) is 16.9 Å². The number of carbonyl (C=O) groups is 1. The summed E-state index contributed by atoms with van der Waals surface area (Å²) in [6, 6.07) is 14.6. The van der Waals surface area contributed by atoms with Crippen molar-refractivity contribution in [1.29, 1.82) is 0 Å². The molecule has 158 valence electrons. The molecule has 2 aromatic carbocycles. The topological polar surface area (TPSA) is 50.2 Å². The van der Waals surface area contributed by atoms with E-state index >= 15 is 0 Å². The number of aromatic nitrogens is 2. The normalized spacial score (nSPS) is 14.4. The Bertz CT molecular complexity index is 1010. The summed E-state index contributed by atoms with van der Waals surface area (Å²) in [5, 5.41) is 7.99. The predicted octanol–water partition coefficient (Wildman–Crippen LogP) is 4.23. The fraction of sp³-hybridized carbons (Fsp3) is 0.304. The molecule has 7 heteroatoms. The van der Waals surface area contributed by atoms with Gasteiger partial charge in [0.2, 0.25) is 0 Å². The average Bonchev–Trinajstić information content (AvgIpc) is 3.19. The van der Waals surface area contributed by atoms with Gasteiger partial charge in [-0.25, -0.2) is 9.07 Å². The maximum Gasteiger partial charge on any atom is 0.257 e. The molecule has 3 aromatic rings. The van der Waals surface area contributed by atoms with Gasteiger partial charge in [0.15, 0.2) is 0 Å². The minimum atomic E-state index is -0.302. The number of rotatable bonds is 4. The Morgan fingerprint density at radius 1 is 1.13 bits per heavy atom. The van der Waals surface area contributed by atoms with E-state index in [1.54, 1.807) is 23.0 Å². The predicted molar refractivity (Wildman–Crippen MR) is 119 cm³/mol. The van der Waals surface area contributed by atoms with Crippen LogP contribution in [0.2, 0.25) is 0 Å². The highest BCUT2D eigenvalue weighted by molar-refractivity contribution is 6.00. The van der Waals surface area contributed by atoms with Crippen molar-refractivity contribution < 1.29 is 9.18 Å². The molecule has 0 bridgehead atoms. The molecule has 1 aromatic heterocycles. The zero-order chi connectivity index (χ0) is 20.4. The van der Waals surface area contributed by atoms with E-state index in [1.165, 1.54) is 12.1 Å². The number of halogens is 2. The fourth-order valence-corrected chi connectivity index (χ4v) is 3.80. The standard InChI is InChI=1S/C23H25FN4O.ClH/c1-16-4-3-5-17(14-16)22-21(23(29)27-12-10-19(25-2)11-13-27)15-28(26-22)20-8-6-18(24)7-9-20;/h3-9,14-15,19,25H,10-13H2,1-2H3;1H. The van der Waals surface area contributed by atoms with Gasteiger partial charge >= 0.3 is 0 Å². The highest BCUT2D eigenvalue weighted by atomic mass is 35.5. The van der Waals surface area contributed by atoms with Crippen LogP contribution in [-0.2, 0) is 0 Å². The lowest BCUT2D eigenvalue weighted by Crippen LogP contribution is -2.44. The van der Waals surface area contributed by atoms with Crippen molar-refractivity contribution in [2.45, 2.75) is 25.8 Å². The lowest BCUT2D eigenvalue weighted by molar-refractivity contribution is 0.0708. The molecule has 0 atom stereocenters. The Kier molecular flexibility index (Phi) is 6.90. The fourth-order valence-electron chi connectivity index (χ4n) is 3.80. The van der Waals surface area contributed by atoms with Crippen LogP contribution in [0.15, 0.2) is 54.7 Å². The number of piperidine rings is 1. The lowest BCUT2D eigenvalue weighted by atomic mass is 10.0. The van der Waals surface area contributed by atoms with Crippen LogP contribution in [0.5, 0.6) is 0 Å². The summed E-state index contributed by atoms with van der Waals surface area (Å²) in [5.74, 6) is -0.312. The first-order valence-electron chi connectivity index (χ1n) is 9.94. The van der Waals surface area contributed by atoms with Gasteiger partial charge in [-0.2, -0.15) is 5.10 Å². The summed E-state index contributed by atoms with van der Waals surface area (Å²) >= 11 is 0. The van der Waals surface area contributed by atoms with Gasteiger partial charge in [0.05, 0.1) is 11.3 Å². The van der Waals surface area contributed by atoms with Crippen molar-refractivity contribution >= 4 is 18.3 Å². The number of amides is 1. The van der Waals surface area contributed by atoms with Crippen molar-refractivity contribution in [3.05, 3.63) is 71.7 Å². The Morgan fingerprint density at radius 2 is 1.83 bits per heavy atom. The molecule has 1 saturated heterocycles. The van der Waals surface area contributed by atoms with E-state index in [2.05, 4.69) is 5.32 Å². The van der Waals surface area contributed by atoms with Crippen molar-refractivity contribution in [3.63, 3.8) is 0 Å². The molecule has 0 aliphatic carbocycles. The average molecular weight is 429 g/mol. The summed E-state index contributed by atoms with van der Waals surface area (Å²) < 4.78 is 15.0. The molecule has 4 rings (SSSR count). The van der Waals surface area contributed by atoms with Gasteiger partial charge in [0, 0.05) is 30.9 Å². The van der Waals surface area contributed by atoms with E-state index in [0.29, 0.717) is 23.0 Å². The summed E-state index contributed by atoms with van der Waals surface area (Å²) in [5.41, 5.74) is 3.95. The molecule has 0 saturated carbocycles. The van der Waals surface area contributed by atoms with Gasteiger partial charge in [0.25, 0.3) is 5.91 Å². The monoisotopic (exact) mass is 428 g/mol. The number of likely N-dealkylation sites (tertiary alicyclic amines) is 1. The molecule has 1 aliphatic heterocycles. The summed E-state index contributed by atoms with van der Waals surface area (Å²) in [7, 11) is 1.96. The first-order valence-corrected chi connectivity index (χ1v) is 9.94. The van der Waals surface area contributed by atoms with Crippen LogP contribution in [0.4, 0.5) is 4.39 Å². The number of nitrogens with zero attached hydrogens (tertiary/aromatic N) is 3. The van der Waals surface area contributed by atoms with E-state index in [0.717, 1.165) is 37.1 Å². The van der Waals surface area contributed by atoms with Crippen LogP contribution in [0.3, 0.4) is 0 Å². The van der Waals surface area contributed by atoms with Crippen molar-refractivity contribution in [2.24, 2.45) is 0 Å². The van der Waals surface area contributed by atoms with E-state index in [-0.39, 0.29) is 24.1 Å². The first-order chi connectivity index (χ1) is 14.0. The van der Waals surface area contributed by atoms with E-state index < -0.39 is 0 Å². The highest BCUT2D eigenvalue weighted by Gasteiger charge is 2.27.